The lowest BCUT2D eigenvalue weighted by atomic mass is 10.2. The molecule has 0 aromatic carbocycles. The Morgan fingerprint density at radius 3 is 2.80 bits per heavy atom. The van der Waals surface area contributed by atoms with Gasteiger partial charge in [0.1, 0.15) is 0 Å². The van der Waals surface area contributed by atoms with Gasteiger partial charge in [-0.25, -0.2) is 9.97 Å². The fourth-order valence-electron chi connectivity index (χ4n) is 2.52. The van der Waals surface area contributed by atoms with Crippen LogP contribution in [0.1, 0.15) is 11.4 Å². The number of hydrogen-bond acceptors (Lipinski definition) is 5. The van der Waals surface area contributed by atoms with E-state index in [1.165, 1.54) is 5.69 Å². The molecular weight excluding hydrogens is 254 g/mol. The van der Waals surface area contributed by atoms with Gasteiger partial charge in [-0.1, -0.05) is 0 Å². The van der Waals surface area contributed by atoms with Crippen molar-refractivity contribution < 1.29 is 4.74 Å². The zero-order chi connectivity index (χ0) is 13.9. The number of rotatable bonds is 3. The van der Waals surface area contributed by atoms with E-state index in [1.807, 2.05) is 17.7 Å². The quantitative estimate of drug-likeness (QED) is 0.841. The SMILES string of the molecule is Cc1cc(C)n(CC2CN(c3ncccn3)CCO2)n1. The van der Waals surface area contributed by atoms with Crippen LogP contribution in [-0.4, -0.2) is 45.5 Å². The molecule has 0 saturated carbocycles. The third-order valence-electron chi connectivity index (χ3n) is 3.45. The number of morpholine rings is 1. The Labute approximate surface area is 118 Å². The molecule has 0 bridgehead atoms. The molecule has 0 spiro atoms. The van der Waals surface area contributed by atoms with Gasteiger partial charge in [0, 0.05) is 31.2 Å². The van der Waals surface area contributed by atoms with Gasteiger partial charge in [-0.2, -0.15) is 5.10 Å². The highest BCUT2D eigenvalue weighted by Crippen LogP contribution is 2.14. The standard InChI is InChI=1S/C14H19N5O/c1-11-8-12(2)19(17-11)10-13-9-18(6-7-20-13)14-15-4-3-5-16-14/h3-5,8,13H,6-7,9-10H2,1-2H3. The van der Waals surface area contributed by atoms with Gasteiger partial charge >= 0.3 is 0 Å². The second kappa shape index (κ2) is 5.58. The highest BCUT2D eigenvalue weighted by atomic mass is 16.5. The summed E-state index contributed by atoms with van der Waals surface area (Å²) in [6, 6.07) is 3.91. The average molecular weight is 273 g/mol. The Morgan fingerprint density at radius 2 is 2.10 bits per heavy atom. The molecule has 0 aliphatic carbocycles. The van der Waals surface area contributed by atoms with Crippen molar-refractivity contribution in [3.05, 3.63) is 35.9 Å². The summed E-state index contributed by atoms with van der Waals surface area (Å²) in [6.45, 7) is 7.17. The third kappa shape index (κ3) is 2.80. The van der Waals surface area contributed by atoms with Crippen molar-refractivity contribution in [1.29, 1.82) is 0 Å². The Kier molecular flexibility index (Phi) is 3.64. The average Bonchev–Trinajstić information content (AvgIpc) is 2.78. The summed E-state index contributed by atoms with van der Waals surface area (Å²) in [5.74, 6) is 0.772. The molecule has 0 radical (unpaired) electrons. The van der Waals surface area contributed by atoms with Gasteiger partial charge in [0.25, 0.3) is 0 Å². The lowest BCUT2D eigenvalue weighted by Crippen LogP contribution is -2.45. The van der Waals surface area contributed by atoms with Crippen LogP contribution in [0.25, 0.3) is 0 Å². The fourth-order valence-corrected chi connectivity index (χ4v) is 2.52. The number of ether oxygens (including phenoxy) is 1. The molecule has 1 aliphatic rings. The van der Waals surface area contributed by atoms with E-state index in [1.54, 1.807) is 12.4 Å². The molecule has 2 aromatic heterocycles. The summed E-state index contributed by atoms with van der Waals surface area (Å²) in [7, 11) is 0. The van der Waals surface area contributed by atoms with Crippen molar-refractivity contribution in [2.75, 3.05) is 24.6 Å². The van der Waals surface area contributed by atoms with Gasteiger partial charge in [0.15, 0.2) is 0 Å². The number of aromatic nitrogens is 4. The molecule has 2 aromatic rings. The van der Waals surface area contributed by atoms with E-state index in [-0.39, 0.29) is 6.10 Å². The fraction of sp³-hybridized carbons (Fsp3) is 0.500. The predicted molar refractivity (Wildman–Crippen MR) is 75.7 cm³/mol. The number of aryl methyl sites for hydroxylation is 2. The summed E-state index contributed by atoms with van der Waals surface area (Å²) in [6.07, 6.45) is 3.66. The highest BCUT2D eigenvalue weighted by molar-refractivity contribution is 5.29. The minimum atomic E-state index is 0.116. The van der Waals surface area contributed by atoms with Crippen molar-refractivity contribution in [3.8, 4) is 0 Å². The summed E-state index contributed by atoms with van der Waals surface area (Å²) in [5.41, 5.74) is 2.21. The molecule has 0 N–H and O–H groups in total. The maximum atomic E-state index is 5.84. The maximum absolute atomic E-state index is 5.84. The molecule has 6 nitrogen and oxygen atoms in total. The van der Waals surface area contributed by atoms with Crippen LogP contribution in [-0.2, 0) is 11.3 Å². The van der Waals surface area contributed by atoms with Crippen molar-refractivity contribution >= 4 is 5.95 Å². The van der Waals surface area contributed by atoms with E-state index >= 15 is 0 Å². The maximum Gasteiger partial charge on any atom is 0.225 e. The second-order valence-corrected chi connectivity index (χ2v) is 5.10. The third-order valence-corrected chi connectivity index (χ3v) is 3.45. The van der Waals surface area contributed by atoms with Crippen molar-refractivity contribution in [2.45, 2.75) is 26.5 Å². The van der Waals surface area contributed by atoms with Crippen LogP contribution in [0.2, 0.25) is 0 Å². The zero-order valence-corrected chi connectivity index (χ0v) is 11.9. The van der Waals surface area contributed by atoms with Gasteiger partial charge < -0.3 is 9.64 Å². The van der Waals surface area contributed by atoms with E-state index < -0.39 is 0 Å². The molecular formula is C14H19N5O. The first-order valence-electron chi connectivity index (χ1n) is 6.87. The number of anilines is 1. The lowest BCUT2D eigenvalue weighted by Gasteiger charge is -2.33. The summed E-state index contributed by atoms with van der Waals surface area (Å²) in [5, 5.41) is 4.49. The van der Waals surface area contributed by atoms with Crippen LogP contribution >= 0.6 is 0 Å². The molecule has 0 amide bonds. The van der Waals surface area contributed by atoms with Gasteiger partial charge in [0.05, 0.1) is 24.9 Å². The molecule has 1 aliphatic heterocycles. The van der Waals surface area contributed by atoms with E-state index in [0.717, 1.165) is 31.3 Å². The molecule has 1 fully saturated rings. The Hall–Kier alpha value is -1.95. The molecule has 1 atom stereocenters. The van der Waals surface area contributed by atoms with Gasteiger partial charge in [-0.05, 0) is 26.0 Å². The largest absolute Gasteiger partial charge is 0.373 e. The van der Waals surface area contributed by atoms with Gasteiger partial charge in [-0.3, -0.25) is 4.68 Å². The monoisotopic (exact) mass is 273 g/mol. The first kappa shape index (κ1) is 13.1. The summed E-state index contributed by atoms with van der Waals surface area (Å²) in [4.78, 5) is 10.8. The van der Waals surface area contributed by atoms with Crippen LogP contribution in [0.15, 0.2) is 24.5 Å². The predicted octanol–water partition coefficient (Wildman–Crippen LogP) is 1.20. The van der Waals surface area contributed by atoms with E-state index in [0.29, 0.717) is 6.61 Å². The van der Waals surface area contributed by atoms with Crippen LogP contribution in [0.5, 0.6) is 0 Å². The van der Waals surface area contributed by atoms with Gasteiger partial charge in [-0.15, -0.1) is 0 Å². The smallest absolute Gasteiger partial charge is 0.225 e. The molecule has 1 saturated heterocycles. The number of nitrogens with zero attached hydrogens (tertiary/aromatic N) is 5. The van der Waals surface area contributed by atoms with E-state index in [9.17, 15) is 0 Å². The van der Waals surface area contributed by atoms with Crippen LogP contribution in [0, 0.1) is 13.8 Å². The summed E-state index contributed by atoms with van der Waals surface area (Å²) < 4.78 is 7.85. The highest BCUT2D eigenvalue weighted by Gasteiger charge is 2.23. The second-order valence-electron chi connectivity index (χ2n) is 5.10. The molecule has 1 unspecified atom stereocenters. The summed E-state index contributed by atoms with van der Waals surface area (Å²) >= 11 is 0. The van der Waals surface area contributed by atoms with Crippen LogP contribution < -0.4 is 4.90 Å². The molecule has 20 heavy (non-hydrogen) atoms. The van der Waals surface area contributed by atoms with Crippen molar-refractivity contribution in [2.24, 2.45) is 0 Å². The van der Waals surface area contributed by atoms with E-state index in [2.05, 4.69) is 33.0 Å². The zero-order valence-electron chi connectivity index (χ0n) is 11.9. The number of hydrogen-bond donors (Lipinski definition) is 0. The van der Waals surface area contributed by atoms with Crippen LogP contribution in [0.3, 0.4) is 0 Å². The topological polar surface area (TPSA) is 56.1 Å². The minimum absolute atomic E-state index is 0.116. The molecule has 3 rings (SSSR count). The molecule has 106 valence electrons. The Bertz CT molecular complexity index is 568. The first-order valence-corrected chi connectivity index (χ1v) is 6.87. The lowest BCUT2D eigenvalue weighted by molar-refractivity contribution is 0.0265. The van der Waals surface area contributed by atoms with Crippen LogP contribution in [0.4, 0.5) is 5.95 Å². The van der Waals surface area contributed by atoms with Crippen molar-refractivity contribution in [3.63, 3.8) is 0 Å². The normalized spacial score (nSPS) is 19.3. The molecule has 6 heteroatoms. The van der Waals surface area contributed by atoms with Gasteiger partial charge in [0.2, 0.25) is 5.95 Å². The van der Waals surface area contributed by atoms with E-state index in [4.69, 9.17) is 4.74 Å². The van der Waals surface area contributed by atoms with Crippen molar-refractivity contribution in [1.82, 2.24) is 19.7 Å². The Balaban J connectivity index is 1.68. The molecule has 3 heterocycles. The first-order chi connectivity index (χ1) is 9.72. The Morgan fingerprint density at radius 1 is 1.30 bits per heavy atom. The minimum Gasteiger partial charge on any atom is -0.373 e.